The van der Waals surface area contributed by atoms with E-state index < -0.39 is 5.97 Å². The number of carboxylic acid groups (broad SMARTS) is 1. The monoisotopic (exact) mass is 738 g/mol. The third-order valence-corrected chi connectivity index (χ3v) is 13.2. The molecule has 2 aliphatic heterocycles. The predicted molar refractivity (Wildman–Crippen MR) is 211 cm³/mol. The molecule has 2 aromatic heterocycles. The molecule has 2 amide bonds. The van der Waals surface area contributed by atoms with E-state index in [1.807, 2.05) is 25.2 Å². The number of hydrogen-bond acceptors (Lipinski definition) is 5. The predicted octanol–water partition coefficient (Wildman–Crippen LogP) is 6.72. The smallest absolute Gasteiger partial charge is 0.335 e. The molecule has 2 fully saturated rings. The van der Waals surface area contributed by atoms with E-state index in [1.54, 1.807) is 18.0 Å². The standard InChI is InChI=1S/C25H35N3O3.C19H23NO3/c1-26-24(29)5-4-12-27(2)25(30)19-7-9-23-21(16-19)20-15-18(6-8-22(20)28(23)3)17-10-13-31-14-11-17;1-20-17-4-2-13(12-6-8-23-9-7-12)10-15(17)16-11-14(19(21)22)3-5-18(16)20/h7,9,16-18H,4-6,8,10-15H2,1-3H3,(H,26,29);3,5,11-13H,2,4,6-10H2,1H3,(H,21,22). The molecule has 2 saturated heterocycles. The lowest BCUT2D eigenvalue weighted by molar-refractivity contribution is -0.120. The van der Waals surface area contributed by atoms with Gasteiger partial charge >= 0.3 is 5.97 Å². The third kappa shape index (κ3) is 7.83. The Morgan fingerprint density at radius 2 is 1.22 bits per heavy atom. The van der Waals surface area contributed by atoms with Crippen molar-refractivity contribution in [3.8, 4) is 0 Å². The summed E-state index contributed by atoms with van der Waals surface area (Å²) in [7, 11) is 7.72. The van der Waals surface area contributed by atoms with E-state index in [2.05, 4.69) is 40.7 Å². The van der Waals surface area contributed by atoms with Crippen molar-refractivity contribution in [3.63, 3.8) is 0 Å². The molecule has 0 spiro atoms. The molecule has 2 atom stereocenters. The van der Waals surface area contributed by atoms with Crippen LogP contribution in [0.2, 0.25) is 0 Å². The Balaban J connectivity index is 0.000000174. The molecule has 54 heavy (non-hydrogen) atoms. The number of hydrogen-bond donors (Lipinski definition) is 2. The summed E-state index contributed by atoms with van der Waals surface area (Å²) in [6, 6.07) is 11.7. The van der Waals surface area contributed by atoms with Crippen molar-refractivity contribution in [2.24, 2.45) is 37.8 Å². The Hall–Kier alpha value is -4.15. The van der Waals surface area contributed by atoms with Gasteiger partial charge in [0, 0.05) is 106 Å². The van der Waals surface area contributed by atoms with E-state index in [4.69, 9.17) is 9.47 Å². The summed E-state index contributed by atoms with van der Waals surface area (Å²) in [5.41, 5.74) is 9.15. The summed E-state index contributed by atoms with van der Waals surface area (Å²) in [5.74, 6) is 2.13. The average Bonchev–Trinajstić information content (AvgIpc) is 3.66. The number of carbonyl (C=O) groups is 3. The Labute approximate surface area is 319 Å². The first kappa shape index (κ1) is 38.1. The average molecular weight is 739 g/mol. The second kappa shape index (κ2) is 16.7. The Bertz CT molecular complexity index is 2000. The quantitative estimate of drug-likeness (QED) is 0.208. The van der Waals surface area contributed by atoms with Gasteiger partial charge in [-0.3, -0.25) is 9.59 Å². The fourth-order valence-corrected chi connectivity index (χ4v) is 9.98. The fourth-order valence-electron chi connectivity index (χ4n) is 9.98. The summed E-state index contributed by atoms with van der Waals surface area (Å²) >= 11 is 0. The minimum atomic E-state index is -0.846. The fraction of sp³-hybridized carbons (Fsp3) is 0.568. The first-order valence-electron chi connectivity index (χ1n) is 20.2. The maximum atomic E-state index is 13.0. The van der Waals surface area contributed by atoms with E-state index in [1.165, 1.54) is 71.9 Å². The van der Waals surface area contributed by atoms with Crippen LogP contribution in [-0.4, -0.2) is 84.0 Å². The zero-order valence-electron chi connectivity index (χ0n) is 32.6. The van der Waals surface area contributed by atoms with Gasteiger partial charge in [-0.15, -0.1) is 0 Å². The number of nitrogens with zero attached hydrogens (tertiary/aromatic N) is 3. The molecule has 10 heteroatoms. The molecule has 4 aromatic rings. The van der Waals surface area contributed by atoms with Gasteiger partial charge in [0.2, 0.25) is 5.91 Å². The van der Waals surface area contributed by atoms with Crippen LogP contribution in [0.25, 0.3) is 21.8 Å². The number of rotatable bonds is 8. The zero-order valence-corrected chi connectivity index (χ0v) is 32.6. The van der Waals surface area contributed by atoms with Gasteiger partial charge in [0.25, 0.3) is 5.91 Å². The number of benzene rings is 2. The minimum Gasteiger partial charge on any atom is -0.478 e. The van der Waals surface area contributed by atoms with Crippen molar-refractivity contribution in [2.75, 3.05) is 47.1 Å². The number of aromatic nitrogens is 2. The van der Waals surface area contributed by atoms with E-state index in [0.717, 1.165) is 80.4 Å². The van der Waals surface area contributed by atoms with Gasteiger partial charge in [-0.1, -0.05) is 0 Å². The maximum Gasteiger partial charge on any atom is 0.335 e. The normalized spacial score (nSPS) is 20.5. The van der Waals surface area contributed by atoms with Crippen LogP contribution in [-0.2, 0) is 54.0 Å². The molecule has 4 aliphatic rings. The van der Waals surface area contributed by atoms with Crippen molar-refractivity contribution in [3.05, 3.63) is 70.0 Å². The zero-order chi connectivity index (χ0) is 37.9. The van der Waals surface area contributed by atoms with Crippen LogP contribution in [0.1, 0.15) is 94.6 Å². The molecule has 0 bridgehead atoms. The van der Waals surface area contributed by atoms with Crippen LogP contribution in [0.4, 0.5) is 0 Å². The topological polar surface area (TPSA) is 115 Å². The lowest BCUT2D eigenvalue weighted by Crippen LogP contribution is -2.29. The van der Waals surface area contributed by atoms with Crippen LogP contribution in [0.5, 0.6) is 0 Å². The second-order valence-electron chi connectivity index (χ2n) is 16.1. The van der Waals surface area contributed by atoms with Crippen molar-refractivity contribution in [2.45, 2.75) is 77.0 Å². The van der Waals surface area contributed by atoms with Gasteiger partial charge in [0.1, 0.15) is 0 Å². The number of aromatic carboxylic acids is 1. The summed E-state index contributed by atoms with van der Waals surface area (Å²) in [5, 5.41) is 14.3. The molecule has 2 unspecified atom stereocenters. The van der Waals surface area contributed by atoms with E-state index in [9.17, 15) is 19.5 Å². The minimum absolute atomic E-state index is 0.0114. The van der Waals surface area contributed by atoms with Crippen LogP contribution >= 0.6 is 0 Å². The number of carbonyl (C=O) groups excluding carboxylic acids is 2. The van der Waals surface area contributed by atoms with E-state index >= 15 is 0 Å². The summed E-state index contributed by atoms with van der Waals surface area (Å²) in [6.07, 6.45) is 12.7. The molecule has 10 nitrogen and oxygen atoms in total. The highest BCUT2D eigenvalue weighted by Crippen LogP contribution is 2.41. The maximum absolute atomic E-state index is 13.0. The van der Waals surface area contributed by atoms with Gasteiger partial charge in [-0.25, -0.2) is 4.79 Å². The van der Waals surface area contributed by atoms with Crippen LogP contribution in [0.15, 0.2) is 36.4 Å². The van der Waals surface area contributed by atoms with Crippen LogP contribution < -0.4 is 5.32 Å². The van der Waals surface area contributed by atoms with Crippen LogP contribution in [0, 0.1) is 23.7 Å². The highest BCUT2D eigenvalue weighted by molar-refractivity contribution is 5.99. The van der Waals surface area contributed by atoms with Gasteiger partial charge in [-0.05, 0) is 142 Å². The highest BCUT2D eigenvalue weighted by Gasteiger charge is 2.32. The molecule has 2 aromatic carbocycles. The molecular formula is C44H58N4O6. The second-order valence-corrected chi connectivity index (χ2v) is 16.1. The summed E-state index contributed by atoms with van der Waals surface area (Å²) in [4.78, 5) is 37.5. The molecule has 0 radical (unpaired) electrons. The number of amides is 2. The van der Waals surface area contributed by atoms with Gasteiger partial charge < -0.3 is 33.9 Å². The summed E-state index contributed by atoms with van der Waals surface area (Å²) < 4.78 is 15.7. The van der Waals surface area contributed by atoms with E-state index in [-0.39, 0.29) is 11.8 Å². The molecule has 8 rings (SSSR count). The molecule has 0 saturated carbocycles. The largest absolute Gasteiger partial charge is 0.478 e. The highest BCUT2D eigenvalue weighted by atomic mass is 16.5. The SMILES string of the molecule is CNC(=O)CCCN(C)C(=O)c1ccc2c(c1)c1c(n2C)CCC(C2CCOCC2)C1.Cn1c2c(c3cc(C(=O)O)ccc31)CC(C1CCOCC1)CC2. The molecular weight excluding hydrogens is 681 g/mol. The van der Waals surface area contributed by atoms with Crippen molar-refractivity contribution >= 4 is 39.6 Å². The Morgan fingerprint density at radius 3 is 1.70 bits per heavy atom. The summed E-state index contributed by atoms with van der Waals surface area (Å²) in [6.45, 7) is 4.16. The molecule has 2 aliphatic carbocycles. The van der Waals surface area contributed by atoms with Gasteiger partial charge in [0.15, 0.2) is 0 Å². The number of ether oxygens (including phenoxy) is 2. The number of carboxylic acids is 1. The lowest BCUT2D eigenvalue weighted by Gasteiger charge is -2.33. The first-order valence-corrected chi connectivity index (χ1v) is 20.2. The van der Waals surface area contributed by atoms with Crippen molar-refractivity contribution < 1.29 is 29.0 Å². The third-order valence-electron chi connectivity index (χ3n) is 13.2. The van der Waals surface area contributed by atoms with Crippen molar-refractivity contribution in [1.29, 1.82) is 0 Å². The lowest BCUT2D eigenvalue weighted by atomic mass is 9.75. The van der Waals surface area contributed by atoms with Crippen LogP contribution in [0.3, 0.4) is 0 Å². The van der Waals surface area contributed by atoms with Crippen molar-refractivity contribution in [1.82, 2.24) is 19.4 Å². The van der Waals surface area contributed by atoms with Gasteiger partial charge in [-0.2, -0.15) is 0 Å². The molecule has 290 valence electrons. The number of fused-ring (bicyclic) bond motifs is 6. The van der Waals surface area contributed by atoms with E-state index in [0.29, 0.717) is 36.8 Å². The molecule has 2 N–H and O–H groups in total. The molecule has 4 heterocycles. The first-order chi connectivity index (χ1) is 26.1. The number of aryl methyl sites for hydroxylation is 2. The van der Waals surface area contributed by atoms with Gasteiger partial charge in [0.05, 0.1) is 5.56 Å². The number of nitrogens with one attached hydrogen (secondary N) is 1. The Kier molecular flexibility index (Phi) is 11.8. The Morgan fingerprint density at radius 1 is 0.741 bits per heavy atom.